The lowest BCUT2D eigenvalue weighted by Crippen LogP contribution is -2.25. The number of nitrogens with one attached hydrogen (secondary N) is 1. The number of benzene rings is 1. The second kappa shape index (κ2) is 9.15. The zero-order valence-corrected chi connectivity index (χ0v) is 19.3. The molecule has 0 bridgehead atoms. The van der Waals surface area contributed by atoms with Crippen LogP contribution in [0.3, 0.4) is 0 Å². The molecule has 0 fully saturated rings. The molecule has 0 radical (unpaired) electrons. The summed E-state index contributed by atoms with van der Waals surface area (Å²) in [4.78, 5) is 12.2. The maximum atomic E-state index is 14.8. The van der Waals surface area contributed by atoms with Gasteiger partial charge in [0.05, 0.1) is 16.3 Å². The number of ether oxygens (including phenoxy) is 1. The summed E-state index contributed by atoms with van der Waals surface area (Å²) in [5.41, 5.74) is 0.500. The summed E-state index contributed by atoms with van der Waals surface area (Å²) in [5, 5.41) is 8.46. The molecule has 180 valence electrons. The van der Waals surface area contributed by atoms with Crippen LogP contribution >= 0.6 is 11.6 Å². The van der Waals surface area contributed by atoms with Crippen LogP contribution in [-0.2, 0) is 16.4 Å². The van der Waals surface area contributed by atoms with Crippen LogP contribution < -0.4 is 9.46 Å². The lowest BCUT2D eigenvalue weighted by Gasteiger charge is -2.20. The number of pyridine rings is 1. The van der Waals surface area contributed by atoms with Crippen LogP contribution in [0.25, 0.3) is 11.4 Å². The molecule has 35 heavy (non-hydrogen) atoms. The normalized spacial score (nSPS) is 15.0. The van der Waals surface area contributed by atoms with Crippen molar-refractivity contribution in [3.05, 3.63) is 77.0 Å². The van der Waals surface area contributed by atoms with Gasteiger partial charge in [-0.2, -0.15) is 0 Å². The Morgan fingerprint density at radius 1 is 1.14 bits per heavy atom. The van der Waals surface area contributed by atoms with Gasteiger partial charge in [-0.25, -0.2) is 32.2 Å². The fourth-order valence-corrected chi connectivity index (χ4v) is 4.70. The van der Waals surface area contributed by atoms with Crippen molar-refractivity contribution in [3.63, 3.8) is 0 Å². The number of anilines is 1. The molecule has 1 aromatic carbocycles. The molecule has 1 atom stereocenters. The molecule has 1 N–H and O–H groups in total. The molecule has 3 aromatic heterocycles. The van der Waals surface area contributed by atoms with Gasteiger partial charge in [-0.05, 0) is 18.2 Å². The number of nitrogens with zero attached hydrogens (tertiary/aromatic N) is 6. The van der Waals surface area contributed by atoms with E-state index in [1.54, 1.807) is 12.1 Å². The number of hydrogen-bond acceptors (Lipinski definition) is 8. The van der Waals surface area contributed by atoms with Gasteiger partial charge in [0.25, 0.3) is 0 Å². The summed E-state index contributed by atoms with van der Waals surface area (Å²) in [6, 6.07) is 5.51. The van der Waals surface area contributed by atoms with Gasteiger partial charge in [0, 0.05) is 36.6 Å². The SMILES string of the molecule is O=S(=O)(CCc1ncc(Cl)cn1)Nc1nnc2n1[C@@H](c1ccc(F)cc1F)COc1ncccc1-2. The van der Waals surface area contributed by atoms with Crippen LogP contribution in [0, 0.1) is 11.6 Å². The quantitative estimate of drug-likeness (QED) is 0.412. The summed E-state index contributed by atoms with van der Waals surface area (Å²) in [5.74, 6) is -1.38. The van der Waals surface area contributed by atoms with Gasteiger partial charge in [0.15, 0.2) is 5.82 Å². The van der Waals surface area contributed by atoms with E-state index in [2.05, 4.69) is 29.9 Å². The highest BCUT2D eigenvalue weighted by atomic mass is 35.5. The Bertz CT molecular complexity index is 1500. The van der Waals surface area contributed by atoms with E-state index in [1.807, 2.05) is 0 Å². The lowest BCUT2D eigenvalue weighted by molar-refractivity contribution is 0.268. The van der Waals surface area contributed by atoms with Crippen LogP contribution in [0.1, 0.15) is 17.4 Å². The fraction of sp³-hybridized carbons (Fsp3) is 0.190. The Morgan fingerprint density at radius 3 is 2.71 bits per heavy atom. The third-order valence-corrected chi connectivity index (χ3v) is 6.66. The molecule has 10 nitrogen and oxygen atoms in total. The summed E-state index contributed by atoms with van der Waals surface area (Å²) < 4.78 is 63.7. The molecule has 5 rings (SSSR count). The summed E-state index contributed by atoms with van der Waals surface area (Å²) in [6.07, 6.45) is 4.27. The molecule has 0 unspecified atom stereocenters. The highest BCUT2D eigenvalue weighted by Gasteiger charge is 2.32. The first-order valence-corrected chi connectivity index (χ1v) is 12.3. The minimum atomic E-state index is -3.95. The average molecular weight is 520 g/mol. The van der Waals surface area contributed by atoms with Crippen LogP contribution in [0.4, 0.5) is 14.7 Å². The minimum Gasteiger partial charge on any atom is -0.475 e. The van der Waals surface area contributed by atoms with E-state index in [1.165, 1.54) is 29.2 Å². The molecule has 0 aliphatic carbocycles. The van der Waals surface area contributed by atoms with Gasteiger partial charge in [-0.15, -0.1) is 10.2 Å². The first-order chi connectivity index (χ1) is 16.8. The number of halogens is 3. The zero-order chi connectivity index (χ0) is 24.6. The molecule has 1 aliphatic heterocycles. The number of sulfonamides is 1. The summed E-state index contributed by atoms with van der Waals surface area (Å²) in [7, 11) is -3.95. The van der Waals surface area contributed by atoms with Crippen LogP contribution in [0.5, 0.6) is 5.88 Å². The zero-order valence-electron chi connectivity index (χ0n) is 17.8. The number of fused-ring (bicyclic) bond motifs is 3. The smallest absolute Gasteiger partial charge is 0.239 e. The topological polar surface area (TPSA) is 125 Å². The maximum absolute atomic E-state index is 14.8. The van der Waals surface area contributed by atoms with Crippen molar-refractivity contribution in [3.8, 4) is 17.3 Å². The highest BCUT2D eigenvalue weighted by molar-refractivity contribution is 7.92. The van der Waals surface area contributed by atoms with Crippen LogP contribution in [-0.4, -0.2) is 50.5 Å². The van der Waals surface area contributed by atoms with Gasteiger partial charge in [0.1, 0.15) is 30.1 Å². The van der Waals surface area contributed by atoms with Crippen LogP contribution in [0.2, 0.25) is 5.02 Å². The minimum absolute atomic E-state index is 0.0133. The standard InChI is InChI=1S/C21H16ClF2N7O3S/c22-12-9-26-18(27-10-12)5-7-35(32,33)30-21-29-28-19-15-2-1-6-25-20(15)34-11-17(31(19)21)14-4-3-13(23)8-16(14)24/h1-4,6,8-10,17H,5,7,11H2,(H,29,30)/t17-/m1/s1. The van der Waals surface area contributed by atoms with E-state index in [0.29, 0.717) is 16.4 Å². The average Bonchev–Trinajstić information content (AvgIpc) is 3.14. The number of aryl methyl sites for hydroxylation is 1. The van der Waals surface area contributed by atoms with E-state index >= 15 is 0 Å². The van der Waals surface area contributed by atoms with E-state index in [-0.39, 0.29) is 42.0 Å². The molecule has 1 aliphatic rings. The first kappa shape index (κ1) is 23.1. The van der Waals surface area contributed by atoms with Gasteiger partial charge in [-0.1, -0.05) is 17.7 Å². The van der Waals surface area contributed by atoms with Crippen molar-refractivity contribution in [2.75, 3.05) is 17.1 Å². The van der Waals surface area contributed by atoms with Gasteiger partial charge in [-0.3, -0.25) is 9.29 Å². The number of hydrogen-bond donors (Lipinski definition) is 1. The Kier molecular flexibility index (Phi) is 6.03. The first-order valence-electron chi connectivity index (χ1n) is 10.3. The van der Waals surface area contributed by atoms with E-state index < -0.39 is 27.7 Å². The molecule has 0 saturated carbocycles. The van der Waals surface area contributed by atoms with Crippen molar-refractivity contribution in [2.24, 2.45) is 0 Å². The Morgan fingerprint density at radius 2 is 1.94 bits per heavy atom. The third kappa shape index (κ3) is 4.77. The molecular formula is C21H16ClF2N7O3S. The largest absolute Gasteiger partial charge is 0.475 e. The predicted molar refractivity (Wildman–Crippen MR) is 121 cm³/mol. The molecular weight excluding hydrogens is 504 g/mol. The molecule has 0 spiro atoms. The molecule has 14 heteroatoms. The Labute approximate surface area is 203 Å². The Balaban J connectivity index is 1.52. The fourth-order valence-electron chi connectivity index (χ4n) is 3.63. The second-order valence-electron chi connectivity index (χ2n) is 7.55. The number of rotatable bonds is 6. The monoisotopic (exact) mass is 519 g/mol. The second-order valence-corrected chi connectivity index (χ2v) is 9.83. The van der Waals surface area contributed by atoms with Crippen molar-refractivity contribution in [2.45, 2.75) is 12.5 Å². The third-order valence-electron chi connectivity index (χ3n) is 5.23. The van der Waals surface area contributed by atoms with Crippen molar-refractivity contribution < 1.29 is 21.9 Å². The van der Waals surface area contributed by atoms with E-state index in [9.17, 15) is 17.2 Å². The predicted octanol–water partition coefficient (Wildman–Crippen LogP) is 3.03. The Hall–Kier alpha value is -3.71. The highest BCUT2D eigenvalue weighted by Crippen LogP contribution is 2.37. The van der Waals surface area contributed by atoms with Crippen molar-refractivity contribution >= 4 is 27.6 Å². The van der Waals surface area contributed by atoms with Crippen molar-refractivity contribution in [1.82, 2.24) is 29.7 Å². The van der Waals surface area contributed by atoms with Crippen molar-refractivity contribution in [1.29, 1.82) is 0 Å². The van der Waals surface area contributed by atoms with E-state index in [0.717, 1.165) is 12.1 Å². The molecule has 4 heterocycles. The van der Waals surface area contributed by atoms with Gasteiger partial charge >= 0.3 is 0 Å². The lowest BCUT2D eigenvalue weighted by atomic mass is 10.1. The van der Waals surface area contributed by atoms with Gasteiger partial charge < -0.3 is 4.74 Å². The molecule has 0 amide bonds. The van der Waals surface area contributed by atoms with E-state index in [4.69, 9.17) is 16.3 Å². The summed E-state index contributed by atoms with van der Waals surface area (Å²) in [6.45, 7) is -0.134. The maximum Gasteiger partial charge on any atom is 0.239 e. The van der Waals surface area contributed by atoms with Crippen LogP contribution in [0.15, 0.2) is 48.9 Å². The number of aromatic nitrogens is 6. The molecule has 0 saturated heterocycles. The summed E-state index contributed by atoms with van der Waals surface area (Å²) >= 11 is 5.76. The van der Waals surface area contributed by atoms with Gasteiger partial charge in [0.2, 0.25) is 21.9 Å². The molecule has 4 aromatic rings.